The van der Waals surface area contributed by atoms with Gasteiger partial charge in [-0.3, -0.25) is 24.0 Å². The van der Waals surface area contributed by atoms with Crippen molar-refractivity contribution in [1.29, 1.82) is 0 Å². The zero-order valence-corrected chi connectivity index (χ0v) is 20.1. The Morgan fingerprint density at radius 2 is 1.36 bits per heavy atom. The van der Waals surface area contributed by atoms with Gasteiger partial charge in [0.2, 0.25) is 29.5 Å². The number of nitrogens with two attached hydrogens (primary N) is 3. The maximum atomic E-state index is 13.1. The maximum Gasteiger partial charge on any atom is 0.326 e. The highest BCUT2D eigenvalue weighted by atomic mass is 32.1. The van der Waals surface area contributed by atoms with Crippen LogP contribution in [0.5, 0.6) is 5.75 Å². The molecule has 198 valence electrons. The standard InChI is InChI=1S/C21H30N6O8S/c22-12(9-36)18(31)26-14(7-10-1-3-11(28)4-2-10)20(33)25-13(5-6-16(23)29)19(32)27-15(21(34)35)8-17(24)30/h1-4,12-15,28,36H,5-9,22H2,(H2,23,29)(H2,24,30)(H,25,33)(H,26,31)(H,27,32)(H,34,35). The highest BCUT2D eigenvalue weighted by Crippen LogP contribution is 2.12. The molecule has 0 saturated heterocycles. The van der Waals surface area contributed by atoms with Crippen molar-refractivity contribution in [2.45, 2.75) is 49.9 Å². The van der Waals surface area contributed by atoms with Gasteiger partial charge in [-0.1, -0.05) is 12.1 Å². The number of rotatable bonds is 15. The average molecular weight is 527 g/mol. The Bertz CT molecular complexity index is 974. The van der Waals surface area contributed by atoms with Crippen molar-refractivity contribution in [2.24, 2.45) is 17.2 Å². The Kier molecular flexibility index (Phi) is 12.2. The summed E-state index contributed by atoms with van der Waals surface area (Å²) in [6.45, 7) is 0. The molecule has 4 atom stereocenters. The minimum atomic E-state index is -1.68. The number of carbonyl (C=O) groups excluding carboxylic acids is 5. The molecule has 11 N–H and O–H groups in total. The van der Waals surface area contributed by atoms with Crippen molar-refractivity contribution in [3.05, 3.63) is 29.8 Å². The van der Waals surface area contributed by atoms with E-state index in [0.717, 1.165) is 0 Å². The summed E-state index contributed by atoms with van der Waals surface area (Å²) in [6, 6.07) is 0.359. The third-order valence-corrected chi connectivity index (χ3v) is 5.27. The lowest BCUT2D eigenvalue weighted by atomic mass is 10.0. The monoisotopic (exact) mass is 526 g/mol. The Morgan fingerprint density at radius 3 is 1.86 bits per heavy atom. The molecule has 14 nitrogen and oxygen atoms in total. The SMILES string of the molecule is NC(=O)CCC(NC(=O)C(Cc1ccc(O)cc1)NC(=O)C(N)CS)C(=O)NC(CC(N)=O)C(=O)O. The normalized spacial score (nSPS) is 13.9. The number of primary amides is 2. The third kappa shape index (κ3) is 10.6. The van der Waals surface area contributed by atoms with E-state index < -0.39 is 66.1 Å². The topological polar surface area (TPSA) is 257 Å². The van der Waals surface area contributed by atoms with Crippen molar-refractivity contribution < 1.29 is 39.0 Å². The smallest absolute Gasteiger partial charge is 0.326 e. The number of hydrogen-bond donors (Lipinski definition) is 9. The average Bonchev–Trinajstić information content (AvgIpc) is 2.80. The van der Waals surface area contributed by atoms with Crippen LogP contribution in [0.1, 0.15) is 24.8 Å². The summed E-state index contributed by atoms with van der Waals surface area (Å²) in [5, 5.41) is 25.6. The van der Waals surface area contributed by atoms with Crippen LogP contribution in [0, 0.1) is 0 Å². The van der Waals surface area contributed by atoms with E-state index in [1.165, 1.54) is 24.3 Å². The van der Waals surface area contributed by atoms with Crippen LogP contribution in [-0.2, 0) is 35.2 Å². The van der Waals surface area contributed by atoms with E-state index >= 15 is 0 Å². The Balaban J connectivity index is 3.15. The Hall–Kier alpha value is -3.85. The number of nitrogens with one attached hydrogen (secondary N) is 3. The molecule has 4 unspecified atom stereocenters. The molecule has 0 bridgehead atoms. The first-order valence-electron chi connectivity index (χ1n) is 10.7. The van der Waals surface area contributed by atoms with Gasteiger partial charge >= 0.3 is 5.97 Å². The van der Waals surface area contributed by atoms with E-state index in [-0.39, 0.29) is 30.8 Å². The van der Waals surface area contributed by atoms with E-state index in [2.05, 4.69) is 28.6 Å². The molecule has 1 aromatic carbocycles. The molecular formula is C21H30N6O8S. The number of aromatic hydroxyl groups is 1. The van der Waals surface area contributed by atoms with Crippen LogP contribution < -0.4 is 33.2 Å². The minimum Gasteiger partial charge on any atom is -0.508 e. The first kappa shape index (κ1) is 30.2. The van der Waals surface area contributed by atoms with Crippen LogP contribution in [-0.4, -0.2) is 75.6 Å². The van der Waals surface area contributed by atoms with E-state index in [1.807, 2.05) is 0 Å². The zero-order valence-electron chi connectivity index (χ0n) is 19.2. The summed E-state index contributed by atoms with van der Waals surface area (Å²) in [6.07, 6.45) is -1.42. The van der Waals surface area contributed by atoms with Gasteiger partial charge in [0, 0.05) is 18.6 Å². The van der Waals surface area contributed by atoms with E-state index in [1.54, 1.807) is 0 Å². The second-order valence-corrected chi connectivity index (χ2v) is 8.22. The summed E-state index contributed by atoms with van der Waals surface area (Å²) < 4.78 is 0. The molecule has 1 rings (SSSR count). The molecular weight excluding hydrogens is 496 g/mol. The van der Waals surface area contributed by atoms with Crippen molar-refractivity contribution in [2.75, 3.05) is 5.75 Å². The van der Waals surface area contributed by atoms with Crippen LogP contribution in [0.4, 0.5) is 0 Å². The fourth-order valence-corrected chi connectivity index (χ4v) is 3.11. The van der Waals surface area contributed by atoms with Crippen LogP contribution in [0.2, 0.25) is 0 Å². The minimum absolute atomic E-state index is 0.0144. The molecule has 36 heavy (non-hydrogen) atoms. The van der Waals surface area contributed by atoms with Gasteiger partial charge in [-0.15, -0.1) is 0 Å². The number of amides is 5. The zero-order chi connectivity index (χ0) is 27.4. The summed E-state index contributed by atoms with van der Waals surface area (Å²) >= 11 is 3.95. The number of phenols is 1. The number of carbonyl (C=O) groups is 6. The number of phenolic OH excluding ortho intramolecular Hbond substituents is 1. The maximum absolute atomic E-state index is 13.1. The van der Waals surface area contributed by atoms with Crippen LogP contribution >= 0.6 is 12.6 Å². The molecule has 15 heteroatoms. The van der Waals surface area contributed by atoms with Crippen molar-refractivity contribution in [3.8, 4) is 5.75 Å². The van der Waals surface area contributed by atoms with Gasteiger partial charge in [-0.25, -0.2) is 4.79 Å². The fourth-order valence-electron chi connectivity index (χ4n) is 2.94. The number of carboxylic acids is 1. The van der Waals surface area contributed by atoms with Gasteiger partial charge in [-0.2, -0.15) is 12.6 Å². The molecule has 0 radical (unpaired) electrons. The highest BCUT2D eigenvalue weighted by Gasteiger charge is 2.31. The van der Waals surface area contributed by atoms with Crippen LogP contribution in [0.25, 0.3) is 0 Å². The Labute approximate surface area is 211 Å². The summed E-state index contributed by atoms with van der Waals surface area (Å²) in [4.78, 5) is 71.9. The predicted molar refractivity (Wildman–Crippen MR) is 129 cm³/mol. The number of aliphatic carboxylic acids is 1. The molecule has 1 aromatic rings. The van der Waals surface area contributed by atoms with Crippen molar-refractivity contribution in [3.63, 3.8) is 0 Å². The lowest BCUT2D eigenvalue weighted by Crippen LogP contribution is -2.58. The second kappa shape index (κ2) is 14.5. The van der Waals surface area contributed by atoms with Gasteiger partial charge in [0.05, 0.1) is 12.5 Å². The lowest BCUT2D eigenvalue weighted by Gasteiger charge is -2.25. The first-order valence-corrected chi connectivity index (χ1v) is 11.3. The fraction of sp³-hybridized carbons (Fsp3) is 0.429. The van der Waals surface area contributed by atoms with Crippen LogP contribution in [0.3, 0.4) is 0 Å². The summed E-state index contributed by atoms with van der Waals surface area (Å²) in [7, 11) is 0. The van der Waals surface area contributed by atoms with Gasteiger partial charge < -0.3 is 43.4 Å². The molecule has 0 fully saturated rings. The largest absolute Gasteiger partial charge is 0.508 e. The number of benzene rings is 1. The van der Waals surface area contributed by atoms with E-state index in [0.29, 0.717) is 5.56 Å². The molecule has 0 aliphatic carbocycles. The predicted octanol–water partition coefficient (Wildman–Crippen LogP) is -3.13. The quantitative estimate of drug-likeness (QED) is 0.105. The molecule has 5 amide bonds. The lowest BCUT2D eigenvalue weighted by molar-refractivity contribution is -0.144. The van der Waals surface area contributed by atoms with Gasteiger partial charge in [-0.05, 0) is 24.1 Å². The highest BCUT2D eigenvalue weighted by molar-refractivity contribution is 7.80. The number of carboxylic acid groups (broad SMARTS) is 1. The molecule has 0 saturated carbocycles. The molecule has 0 aromatic heterocycles. The summed E-state index contributed by atoms with van der Waals surface area (Å²) in [5.74, 6) is -5.92. The molecule has 0 spiro atoms. The van der Waals surface area contributed by atoms with E-state index in [4.69, 9.17) is 17.2 Å². The number of hydrogen-bond acceptors (Lipinski definition) is 9. The van der Waals surface area contributed by atoms with E-state index in [9.17, 15) is 39.0 Å². The van der Waals surface area contributed by atoms with Gasteiger partial charge in [0.25, 0.3) is 0 Å². The number of thiol groups is 1. The molecule has 0 heterocycles. The van der Waals surface area contributed by atoms with Crippen LogP contribution in [0.15, 0.2) is 24.3 Å². The van der Waals surface area contributed by atoms with Gasteiger partial charge in [0.15, 0.2) is 0 Å². The second-order valence-electron chi connectivity index (χ2n) is 7.86. The first-order chi connectivity index (χ1) is 16.8. The Morgan fingerprint density at radius 1 is 0.833 bits per heavy atom. The molecule has 0 aliphatic rings. The summed E-state index contributed by atoms with van der Waals surface area (Å²) in [5.41, 5.74) is 16.4. The third-order valence-electron chi connectivity index (χ3n) is 4.87. The molecule has 0 aliphatic heterocycles. The van der Waals surface area contributed by atoms with Crippen molar-refractivity contribution in [1.82, 2.24) is 16.0 Å². The van der Waals surface area contributed by atoms with Gasteiger partial charge in [0.1, 0.15) is 23.9 Å². The van der Waals surface area contributed by atoms with Crippen molar-refractivity contribution >= 4 is 48.1 Å².